The summed E-state index contributed by atoms with van der Waals surface area (Å²) in [5.74, 6) is 1.15. The van der Waals surface area contributed by atoms with Crippen LogP contribution in [0.25, 0.3) is 10.9 Å². The molecule has 4 rings (SSSR count). The fourth-order valence-corrected chi connectivity index (χ4v) is 3.11. The molecule has 0 saturated heterocycles. The summed E-state index contributed by atoms with van der Waals surface area (Å²) in [6.07, 6.45) is 1.65. The molecule has 0 radical (unpaired) electrons. The van der Waals surface area contributed by atoms with Crippen LogP contribution in [0, 0.1) is 0 Å². The summed E-state index contributed by atoms with van der Waals surface area (Å²) in [6, 6.07) is 26.9. The molecule has 1 N–H and O–H groups in total. The molecular weight excluding hydrogens is 396 g/mol. The molecule has 148 valence electrons. The van der Waals surface area contributed by atoms with E-state index in [-0.39, 0.29) is 0 Å². The number of nitrogens with zero attached hydrogens (tertiary/aromatic N) is 3. The maximum Gasteiger partial charge on any atom is 0.173 e. The van der Waals surface area contributed by atoms with Crippen molar-refractivity contribution in [1.82, 2.24) is 10.4 Å². The number of nitrogens with one attached hydrogen (secondary N) is 1. The first kappa shape index (κ1) is 19.6. The predicted molar refractivity (Wildman–Crippen MR) is 123 cm³/mol. The van der Waals surface area contributed by atoms with E-state index in [0.29, 0.717) is 28.0 Å². The van der Waals surface area contributed by atoms with Crippen molar-refractivity contribution in [2.75, 3.05) is 7.11 Å². The molecule has 0 unspecified atom stereocenters. The number of pyridine rings is 1. The first-order valence-electron chi connectivity index (χ1n) is 9.36. The van der Waals surface area contributed by atoms with Gasteiger partial charge in [-0.15, -0.1) is 0 Å². The van der Waals surface area contributed by atoms with Crippen molar-refractivity contribution in [3.63, 3.8) is 0 Å². The Morgan fingerprint density at radius 2 is 1.70 bits per heavy atom. The van der Waals surface area contributed by atoms with E-state index in [1.807, 2.05) is 84.9 Å². The van der Waals surface area contributed by atoms with Crippen LogP contribution in [-0.2, 0) is 0 Å². The van der Waals surface area contributed by atoms with Gasteiger partial charge < -0.3 is 4.74 Å². The molecule has 6 heteroatoms. The minimum absolute atomic E-state index is 0.494. The smallest absolute Gasteiger partial charge is 0.173 e. The number of aromatic nitrogens is 1. The number of fused-ring (bicyclic) bond motifs is 1. The molecule has 1 aromatic heterocycles. The SMILES string of the molecule is COc1ccccc1N=C(N/N=C/c1ccccc1Cl)c1ccc2ccccc2n1. The molecule has 0 atom stereocenters. The summed E-state index contributed by atoms with van der Waals surface area (Å²) in [5, 5.41) is 6.01. The molecule has 30 heavy (non-hydrogen) atoms. The Labute approximate surface area is 179 Å². The van der Waals surface area contributed by atoms with Gasteiger partial charge in [-0.1, -0.05) is 66.2 Å². The van der Waals surface area contributed by atoms with Gasteiger partial charge in [-0.3, -0.25) is 5.43 Å². The maximum absolute atomic E-state index is 6.21. The van der Waals surface area contributed by atoms with Crippen molar-refractivity contribution in [3.8, 4) is 5.75 Å². The topological polar surface area (TPSA) is 58.9 Å². The summed E-state index contributed by atoms with van der Waals surface area (Å²) in [7, 11) is 1.62. The molecule has 0 aliphatic carbocycles. The van der Waals surface area contributed by atoms with Crippen molar-refractivity contribution in [2.24, 2.45) is 10.1 Å². The first-order chi connectivity index (χ1) is 14.7. The minimum atomic E-state index is 0.494. The van der Waals surface area contributed by atoms with Gasteiger partial charge in [0.1, 0.15) is 17.1 Å². The van der Waals surface area contributed by atoms with Crippen LogP contribution in [0.5, 0.6) is 5.75 Å². The maximum atomic E-state index is 6.21. The highest BCUT2D eigenvalue weighted by Crippen LogP contribution is 2.27. The highest BCUT2D eigenvalue weighted by molar-refractivity contribution is 6.33. The number of methoxy groups -OCH3 is 1. The summed E-state index contributed by atoms with van der Waals surface area (Å²) in [4.78, 5) is 9.47. The number of hydrazone groups is 1. The van der Waals surface area contributed by atoms with E-state index < -0.39 is 0 Å². The second-order valence-electron chi connectivity index (χ2n) is 6.41. The van der Waals surface area contributed by atoms with Crippen LogP contribution >= 0.6 is 11.6 Å². The molecule has 0 amide bonds. The average Bonchev–Trinajstić information content (AvgIpc) is 2.79. The summed E-state index contributed by atoms with van der Waals surface area (Å²) >= 11 is 6.21. The Balaban J connectivity index is 1.74. The van der Waals surface area contributed by atoms with E-state index in [9.17, 15) is 0 Å². The molecule has 3 aromatic carbocycles. The molecule has 0 fully saturated rings. The number of amidine groups is 1. The zero-order valence-corrected chi connectivity index (χ0v) is 17.0. The third-order valence-corrected chi connectivity index (χ3v) is 4.78. The van der Waals surface area contributed by atoms with Gasteiger partial charge >= 0.3 is 0 Å². The molecule has 4 aromatic rings. The van der Waals surface area contributed by atoms with Crippen LogP contribution in [0.15, 0.2) is 95.0 Å². The van der Waals surface area contributed by atoms with Gasteiger partial charge in [-0.25, -0.2) is 9.98 Å². The lowest BCUT2D eigenvalue weighted by Gasteiger charge is -2.09. The minimum Gasteiger partial charge on any atom is -0.494 e. The average molecular weight is 415 g/mol. The number of para-hydroxylation sites is 3. The Morgan fingerprint density at radius 1 is 0.933 bits per heavy atom. The Bertz CT molecular complexity index is 1240. The van der Waals surface area contributed by atoms with Crippen LogP contribution in [0.1, 0.15) is 11.3 Å². The predicted octanol–water partition coefficient (Wildman–Crippen LogP) is 5.60. The molecule has 0 spiro atoms. The number of halogens is 1. The highest BCUT2D eigenvalue weighted by Gasteiger charge is 2.09. The highest BCUT2D eigenvalue weighted by atomic mass is 35.5. The molecule has 0 aliphatic heterocycles. The van der Waals surface area contributed by atoms with Crippen LogP contribution in [-0.4, -0.2) is 24.1 Å². The largest absolute Gasteiger partial charge is 0.494 e. The zero-order valence-electron chi connectivity index (χ0n) is 16.3. The van der Waals surface area contributed by atoms with Gasteiger partial charge in [0.15, 0.2) is 5.84 Å². The van der Waals surface area contributed by atoms with Crippen molar-refractivity contribution in [3.05, 3.63) is 101 Å². The van der Waals surface area contributed by atoms with Gasteiger partial charge in [-0.2, -0.15) is 5.10 Å². The normalized spacial score (nSPS) is 11.7. The Kier molecular flexibility index (Phi) is 6.01. The fourth-order valence-electron chi connectivity index (χ4n) is 2.92. The van der Waals surface area contributed by atoms with Gasteiger partial charge in [0.2, 0.25) is 0 Å². The van der Waals surface area contributed by atoms with Crippen molar-refractivity contribution < 1.29 is 4.74 Å². The summed E-state index contributed by atoms with van der Waals surface area (Å²) in [5.41, 5.74) is 6.03. The molecule has 0 saturated carbocycles. The van der Waals surface area contributed by atoms with Crippen LogP contribution < -0.4 is 10.2 Å². The third kappa shape index (κ3) is 4.47. The molecule has 0 aliphatic rings. The van der Waals surface area contributed by atoms with Crippen molar-refractivity contribution in [2.45, 2.75) is 0 Å². The standard InChI is InChI=1S/C24H19ClN4O/c1-30-23-13-7-6-12-21(23)28-24(29-26-16-18-9-2-4-10-19(18)25)22-15-14-17-8-3-5-11-20(17)27-22/h2-16H,1H3,(H,28,29)/b26-16+. The van der Waals surface area contributed by atoms with E-state index in [1.54, 1.807) is 13.3 Å². The third-order valence-electron chi connectivity index (χ3n) is 4.44. The number of rotatable bonds is 5. The lowest BCUT2D eigenvalue weighted by molar-refractivity contribution is 0.416. The van der Waals surface area contributed by atoms with Crippen LogP contribution in [0.4, 0.5) is 5.69 Å². The van der Waals surface area contributed by atoms with Crippen LogP contribution in [0.3, 0.4) is 0 Å². The number of aliphatic imine (C=N–C) groups is 1. The van der Waals surface area contributed by atoms with Gasteiger partial charge in [-0.05, 0) is 30.3 Å². The number of hydrogen-bond donors (Lipinski definition) is 1. The van der Waals surface area contributed by atoms with E-state index in [2.05, 4.69) is 10.5 Å². The molecular formula is C24H19ClN4O. The van der Waals surface area contributed by atoms with E-state index in [4.69, 9.17) is 26.3 Å². The van der Waals surface area contributed by atoms with Crippen molar-refractivity contribution >= 4 is 40.2 Å². The molecule has 5 nitrogen and oxygen atoms in total. The number of benzene rings is 3. The van der Waals surface area contributed by atoms with Crippen molar-refractivity contribution in [1.29, 1.82) is 0 Å². The molecule has 1 heterocycles. The Morgan fingerprint density at radius 3 is 2.57 bits per heavy atom. The zero-order chi connectivity index (χ0) is 20.8. The monoisotopic (exact) mass is 414 g/mol. The lowest BCUT2D eigenvalue weighted by atomic mass is 10.2. The fraction of sp³-hybridized carbons (Fsp3) is 0.0417. The molecule has 0 bridgehead atoms. The van der Waals surface area contributed by atoms with Crippen LogP contribution in [0.2, 0.25) is 5.02 Å². The van der Waals surface area contributed by atoms with Gasteiger partial charge in [0.25, 0.3) is 0 Å². The first-order valence-corrected chi connectivity index (χ1v) is 9.74. The summed E-state index contributed by atoms with van der Waals surface area (Å²) < 4.78 is 5.43. The summed E-state index contributed by atoms with van der Waals surface area (Å²) in [6.45, 7) is 0. The van der Waals surface area contributed by atoms with E-state index in [1.165, 1.54) is 0 Å². The van der Waals surface area contributed by atoms with E-state index in [0.717, 1.165) is 16.5 Å². The van der Waals surface area contributed by atoms with Gasteiger partial charge in [0, 0.05) is 16.0 Å². The van der Waals surface area contributed by atoms with Gasteiger partial charge in [0.05, 0.1) is 18.8 Å². The lowest BCUT2D eigenvalue weighted by Crippen LogP contribution is -2.20. The quantitative estimate of drug-likeness (QED) is 0.263. The second-order valence-corrected chi connectivity index (χ2v) is 6.82. The number of hydrogen-bond acceptors (Lipinski definition) is 4. The van der Waals surface area contributed by atoms with E-state index >= 15 is 0 Å². The Hall–Kier alpha value is -3.70. The number of ether oxygens (including phenoxy) is 1. The second kappa shape index (κ2) is 9.20.